The van der Waals surface area contributed by atoms with Gasteiger partial charge in [0.05, 0.1) is 13.2 Å². The smallest absolute Gasteiger partial charge is 0.234 e. The Kier molecular flexibility index (Phi) is 9.43. The minimum absolute atomic E-state index is 0. The van der Waals surface area contributed by atoms with Crippen LogP contribution in [-0.4, -0.2) is 32.7 Å². The van der Waals surface area contributed by atoms with E-state index in [2.05, 4.69) is 10.6 Å². The molecule has 4 nitrogen and oxygen atoms in total. The summed E-state index contributed by atoms with van der Waals surface area (Å²) in [4.78, 5) is 11.4. The van der Waals surface area contributed by atoms with Gasteiger partial charge in [-0.25, -0.2) is 0 Å². The highest BCUT2D eigenvalue weighted by molar-refractivity contribution is 5.85. The molecular weight excluding hydrogens is 240 g/mol. The normalized spacial score (nSPS) is 9.47. The summed E-state index contributed by atoms with van der Waals surface area (Å²) >= 11 is 0. The SMILES string of the molecule is COCCNCC(=O)NCc1ccccc1.Cl. The van der Waals surface area contributed by atoms with Crippen LogP contribution in [0.15, 0.2) is 30.3 Å². The van der Waals surface area contributed by atoms with Gasteiger partial charge in [-0.15, -0.1) is 12.4 Å². The Balaban J connectivity index is 0.00000256. The lowest BCUT2D eigenvalue weighted by atomic mass is 10.2. The molecule has 1 amide bonds. The maximum Gasteiger partial charge on any atom is 0.234 e. The molecule has 0 aliphatic rings. The second-order valence-corrected chi connectivity index (χ2v) is 3.43. The summed E-state index contributed by atoms with van der Waals surface area (Å²) in [5.41, 5.74) is 1.10. The minimum Gasteiger partial charge on any atom is -0.383 e. The van der Waals surface area contributed by atoms with E-state index in [0.717, 1.165) is 5.56 Å². The summed E-state index contributed by atoms with van der Waals surface area (Å²) in [7, 11) is 1.64. The van der Waals surface area contributed by atoms with E-state index in [-0.39, 0.29) is 18.3 Å². The summed E-state index contributed by atoms with van der Waals surface area (Å²) in [5, 5.41) is 5.82. The van der Waals surface area contributed by atoms with Gasteiger partial charge in [-0.05, 0) is 5.56 Å². The first-order valence-corrected chi connectivity index (χ1v) is 5.33. The molecule has 0 saturated carbocycles. The van der Waals surface area contributed by atoms with Gasteiger partial charge in [0.1, 0.15) is 0 Å². The zero-order valence-electron chi connectivity index (χ0n) is 9.94. The fourth-order valence-corrected chi connectivity index (χ4v) is 1.24. The van der Waals surface area contributed by atoms with E-state index in [9.17, 15) is 4.79 Å². The second-order valence-electron chi connectivity index (χ2n) is 3.43. The summed E-state index contributed by atoms with van der Waals surface area (Å²) in [6.45, 7) is 2.21. The van der Waals surface area contributed by atoms with Crippen LogP contribution in [-0.2, 0) is 16.1 Å². The van der Waals surface area contributed by atoms with Crippen LogP contribution in [0.5, 0.6) is 0 Å². The Morgan fingerprint density at radius 1 is 1.29 bits per heavy atom. The highest BCUT2D eigenvalue weighted by atomic mass is 35.5. The summed E-state index contributed by atoms with van der Waals surface area (Å²) in [5.74, 6) is -0.0000406. The Morgan fingerprint density at radius 2 is 2.00 bits per heavy atom. The number of ether oxygens (including phenoxy) is 1. The first-order valence-electron chi connectivity index (χ1n) is 5.33. The third-order valence-corrected chi connectivity index (χ3v) is 2.10. The van der Waals surface area contributed by atoms with Crippen molar-refractivity contribution in [1.29, 1.82) is 0 Å². The molecule has 0 fully saturated rings. The molecule has 0 radical (unpaired) electrons. The second kappa shape index (κ2) is 10.1. The van der Waals surface area contributed by atoms with Crippen molar-refractivity contribution in [2.45, 2.75) is 6.54 Å². The van der Waals surface area contributed by atoms with Crippen molar-refractivity contribution in [2.75, 3.05) is 26.8 Å². The van der Waals surface area contributed by atoms with Crippen molar-refractivity contribution >= 4 is 18.3 Å². The summed E-state index contributed by atoms with van der Waals surface area (Å²) in [6, 6.07) is 9.84. The van der Waals surface area contributed by atoms with Gasteiger partial charge >= 0.3 is 0 Å². The van der Waals surface area contributed by atoms with Crippen molar-refractivity contribution in [3.05, 3.63) is 35.9 Å². The average Bonchev–Trinajstić information content (AvgIpc) is 2.33. The van der Waals surface area contributed by atoms with Crippen molar-refractivity contribution in [3.63, 3.8) is 0 Å². The maximum atomic E-state index is 11.4. The molecule has 1 aromatic rings. The van der Waals surface area contributed by atoms with Crippen LogP contribution in [0.1, 0.15) is 5.56 Å². The Hall–Kier alpha value is -1.10. The molecule has 0 aliphatic carbocycles. The standard InChI is InChI=1S/C12H18N2O2.ClH/c1-16-8-7-13-10-12(15)14-9-11-5-3-2-4-6-11;/h2-6,13H,7-10H2,1H3,(H,14,15);1H. The van der Waals surface area contributed by atoms with Gasteiger partial charge in [-0.3, -0.25) is 4.79 Å². The van der Waals surface area contributed by atoms with Crippen molar-refractivity contribution in [3.8, 4) is 0 Å². The third-order valence-electron chi connectivity index (χ3n) is 2.10. The van der Waals surface area contributed by atoms with Crippen molar-refractivity contribution in [2.24, 2.45) is 0 Å². The van der Waals surface area contributed by atoms with E-state index in [1.807, 2.05) is 30.3 Å². The predicted octanol–water partition coefficient (Wildman–Crippen LogP) is 0.961. The van der Waals surface area contributed by atoms with Crippen LogP contribution in [0.3, 0.4) is 0 Å². The molecule has 2 N–H and O–H groups in total. The molecule has 0 aliphatic heterocycles. The molecule has 0 aromatic heterocycles. The van der Waals surface area contributed by atoms with E-state index < -0.39 is 0 Å². The molecular formula is C12H19ClN2O2. The highest BCUT2D eigenvalue weighted by Crippen LogP contribution is 1.96. The number of hydrogen-bond donors (Lipinski definition) is 2. The molecule has 0 unspecified atom stereocenters. The Morgan fingerprint density at radius 3 is 2.65 bits per heavy atom. The molecule has 0 saturated heterocycles. The fraction of sp³-hybridized carbons (Fsp3) is 0.417. The van der Waals surface area contributed by atoms with Gasteiger partial charge in [-0.1, -0.05) is 30.3 Å². The van der Waals surface area contributed by atoms with Gasteiger partial charge in [0.15, 0.2) is 0 Å². The Labute approximate surface area is 108 Å². The predicted molar refractivity (Wildman–Crippen MR) is 70.3 cm³/mol. The first kappa shape index (κ1) is 15.9. The van der Waals surface area contributed by atoms with Gasteiger partial charge in [0, 0.05) is 20.2 Å². The number of carbonyl (C=O) groups excluding carboxylic acids is 1. The van der Waals surface area contributed by atoms with E-state index in [1.54, 1.807) is 7.11 Å². The topological polar surface area (TPSA) is 50.4 Å². The third kappa shape index (κ3) is 7.74. The number of hydrogen-bond acceptors (Lipinski definition) is 3. The number of nitrogens with one attached hydrogen (secondary N) is 2. The van der Waals surface area contributed by atoms with Crippen LogP contribution in [0, 0.1) is 0 Å². The lowest BCUT2D eigenvalue weighted by Crippen LogP contribution is -2.34. The van der Waals surface area contributed by atoms with Crippen LogP contribution in [0.2, 0.25) is 0 Å². The molecule has 17 heavy (non-hydrogen) atoms. The van der Waals surface area contributed by atoms with E-state index in [1.165, 1.54) is 0 Å². The number of halogens is 1. The summed E-state index contributed by atoms with van der Waals surface area (Å²) in [6.07, 6.45) is 0. The van der Waals surface area contributed by atoms with Crippen LogP contribution in [0.4, 0.5) is 0 Å². The monoisotopic (exact) mass is 258 g/mol. The molecule has 0 atom stereocenters. The number of carbonyl (C=O) groups is 1. The molecule has 0 spiro atoms. The number of rotatable bonds is 7. The first-order chi connectivity index (χ1) is 7.83. The van der Waals surface area contributed by atoms with E-state index in [4.69, 9.17) is 4.74 Å². The number of methoxy groups -OCH3 is 1. The van der Waals surface area contributed by atoms with Gasteiger partial charge in [-0.2, -0.15) is 0 Å². The lowest BCUT2D eigenvalue weighted by molar-refractivity contribution is -0.120. The Bertz CT molecular complexity index is 307. The molecule has 0 bridgehead atoms. The molecule has 0 heterocycles. The highest BCUT2D eigenvalue weighted by Gasteiger charge is 1.99. The molecule has 96 valence electrons. The van der Waals surface area contributed by atoms with Gasteiger partial charge in [0.25, 0.3) is 0 Å². The van der Waals surface area contributed by atoms with Crippen LogP contribution < -0.4 is 10.6 Å². The van der Waals surface area contributed by atoms with Crippen molar-refractivity contribution < 1.29 is 9.53 Å². The zero-order valence-corrected chi connectivity index (χ0v) is 10.8. The quantitative estimate of drug-likeness (QED) is 0.717. The number of amides is 1. The van der Waals surface area contributed by atoms with Gasteiger partial charge in [0.2, 0.25) is 5.91 Å². The van der Waals surface area contributed by atoms with Gasteiger partial charge < -0.3 is 15.4 Å². The van der Waals surface area contributed by atoms with Crippen molar-refractivity contribution in [1.82, 2.24) is 10.6 Å². The molecule has 5 heteroatoms. The lowest BCUT2D eigenvalue weighted by Gasteiger charge is -2.06. The zero-order chi connectivity index (χ0) is 11.6. The van der Waals surface area contributed by atoms with E-state index >= 15 is 0 Å². The fourth-order valence-electron chi connectivity index (χ4n) is 1.24. The van der Waals surface area contributed by atoms with E-state index in [0.29, 0.717) is 26.2 Å². The minimum atomic E-state index is -0.0000406. The number of benzene rings is 1. The van der Waals surface area contributed by atoms with Crippen LogP contribution >= 0.6 is 12.4 Å². The molecule has 1 aromatic carbocycles. The largest absolute Gasteiger partial charge is 0.383 e. The van der Waals surface area contributed by atoms with Crippen LogP contribution in [0.25, 0.3) is 0 Å². The maximum absolute atomic E-state index is 11.4. The summed E-state index contributed by atoms with van der Waals surface area (Å²) < 4.78 is 4.86. The molecule has 1 rings (SSSR count). The average molecular weight is 259 g/mol.